The number of nitrogens with one attached hydrogen (secondary N) is 1. The Labute approximate surface area is 111 Å². The maximum Gasteiger partial charge on any atom is 0.238 e. The first-order valence-corrected chi connectivity index (χ1v) is 6.95. The molecule has 0 radical (unpaired) electrons. The molecule has 1 aromatic rings. The highest BCUT2D eigenvalue weighted by atomic mass is 32.2. The van der Waals surface area contributed by atoms with Crippen molar-refractivity contribution in [1.29, 1.82) is 0 Å². The quantitative estimate of drug-likeness (QED) is 0.417. The highest BCUT2D eigenvalue weighted by Crippen LogP contribution is 2.19. The minimum Gasteiger partial charge on any atom is -0.325 e. The maximum absolute atomic E-state index is 11.7. The lowest BCUT2D eigenvalue weighted by Crippen LogP contribution is -2.17. The Kier molecular flexibility index (Phi) is 4.62. The van der Waals surface area contributed by atoms with Crippen LogP contribution >= 0.6 is 0 Å². The van der Waals surface area contributed by atoms with Crippen LogP contribution in [0.15, 0.2) is 28.2 Å². The fourth-order valence-electron chi connectivity index (χ4n) is 1.39. The summed E-state index contributed by atoms with van der Waals surface area (Å²) < 4.78 is 22.5. The van der Waals surface area contributed by atoms with E-state index in [1.165, 1.54) is 12.1 Å². The molecule has 1 rings (SSSR count). The van der Waals surface area contributed by atoms with Crippen LogP contribution in [0.4, 0.5) is 5.69 Å². The smallest absolute Gasteiger partial charge is 0.238 e. The molecular formula is C11H16N4O3S. The molecule has 5 N–H and O–H groups in total. The monoisotopic (exact) mass is 284 g/mol. The normalized spacial score (nSPS) is 12.3. The molecule has 0 saturated heterocycles. The van der Waals surface area contributed by atoms with Crippen LogP contribution in [-0.2, 0) is 14.8 Å². The molecule has 0 aromatic heterocycles. The number of amides is 1. The summed E-state index contributed by atoms with van der Waals surface area (Å²) in [5, 5.41) is 11.0. The van der Waals surface area contributed by atoms with Crippen molar-refractivity contribution in [3.05, 3.63) is 23.8 Å². The molecule has 7 nitrogen and oxygen atoms in total. The lowest BCUT2D eigenvalue weighted by Gasteiger charge is -2.09. The molecule has 104 valence electrons. The fourth-order valence-corrected chi connectivity index (χ4v) is 1.92. The summed E-state index contributed by atoms with van der Waals surface area (Å²) >= 11 is 0. The second-order valence-electron chi connectivity index (χ2n) is 4.11. The summed E-state index contributed by atoms with van der Waals surface area (Å²) in [5.74, 6) is 4.70. The number of hydrogen-bond acceptors (Lipinski definition) is 5. The highest BCUT2D eigenvalue weighted by molar-refractivity contribution is 7.89. The number of sulfonamides is 1. The number of hydrogen-bond donors (Lipinski definition) is 3. The molecule has 0 bridgehead atoms. The molecule has 0 heterocycles. The van der Waals surface area contributed by atoms with Crippen LogP contribution in [0.3, 0.4) is 0 Å². The third kappa shape index (κ3) is 4.34. The van der Waals surface area contributed by atoms with Gasteiger partial charge in [0.25, 0.3) is 0 Å². The van der Waals surface area contributed by atoms with Crippen LogP contribution in [-0.4, -0.2) is 20.0 Å². The van der Waals surface area contributed by atoms with Crippen molar-refractivity contribution in [2.75, 3.05) is 5.32 Å². The van der Waals surface area contributed by atoms with Crippen molar-refractivity contribution < 1.29 is 13.2 Å². The maximum atomic E-state index is 11.7. The average molecular weight is 284 g/mol. The van der Waals surface area contributed by atoms with Crippen molar-refractivity contribution >= 4 is 27.3 Å². The van der Waals surface area contributed by atoms with Gasteiger partial charge in [0.05, 0.1) is 11.3 Å². The van der Waals surface area contributed by atoms with E-state index in [1.54, 1.807) is 19.9 Å². The second kappa shape index (κ2) is 5.81. The summed E-state index contributed by atoms with van der Waals surface area (Å²) in [6.07, 6.45) is 0.0372. The predicted octanol–water partition coefficient (Wildman–Crippen LogP) is 0.306. The summed E-state index contributed by atoms with van der Waals surface area (Å²) in [7, 11) is -3.80. The minimum absolute atomic E-state index is 0.0372. The van der Waals surface area contributed by atoms with Gasteiger partial charge in [0.15, 0.2) is 0 Å². The molecular weight excluding hydrogens is 268 g/mol. The van der Waals surface area contributed by atoms with Gasteiger partial charge in [-0.25, -0.2) is 13.6 Å². The largest absolute Gasteiger partial charge is 0.325 e. The highest BCUT2D eigenvalue weighted by Gasteiger charge is 2.12. The lowest BCUT2D eigenvalue weighted by molar-refractivity contribution is -0.115. The third-order valence-electron chi connectivity index (χ3n) is 2.45. The topological polar surface area (TPSA) is 128 Å². The van der Waals surface area contributed by atoms with Crippen LogP contribution in [0, 0.1) is 6.92 Å². The van der Waals surface area contributed by atoms with E-state index in [0.29, 0.717) is 11.4 Å². The molecule has 0 atom stereocenters. The Morgan fingerprint density at radius 1 is 1.42 bits per heavy atom. The van der Waals surface area contributed by atoms with E-state index in [1.807, 2.05) is 0 Å². The van der Waals surface area contributed by atoms with E-state index < -0.39 is 10.0 Å². The summed E-state index contributed by atoms with van der Waals surface area (Å²) in [6.45, 7) is 3.36. The van der Waals surface area contributed by atoms with Crippen molar-refractivity contribution in [3.8, 4) is 0 Å². The SMILES string of the molecule is C/C(CC(=O)Nc1cc(S(N)(=O)=O)ccc1C)=N\N. The van der Waals surface area contributed by atoms with Crippen molar-refractivity contribution in [3.63, 3.8) is 0 Å². The Morgan fingerprint density at radius 3 is 2.58 bits per heavy atom. The fraction of sp³-hybridized carbons (Fsp3) is 0.273. The van der Waals surface area contributed by atoms with E-state index in [-0.39, 0.29) is 17.2 Å². The van der Waals surface area contributed by atoms with E-state index in [2.05, 4.69) is 10.4 Å². The van der Waals surface area contributed by atoms with Crippen molar-refractivity contribution in [2.45, 2.75) is 25.2 Å². The molecule has 0 aliphatic heterocycles. The number of rotatable bonds is 4. The Balaban J connectivity index is 2.98. The molecule has 0 unspecified atom stereocenters. The third-order valence-corrected chi connectivity index (χ3v) is 3.36. The van der Waals surface area contributed by atoms with Gasteiger partial charge in [-0.15, -0.1) is 0 Å². The van der Waals surface area contributed by atoms with E-state index in [0.717, 1.165) is 5.56 Å². The molecule has 1 aromatic carbocycles. The van der Waals surface area contributed by atoms with Gasteiger partial charge in [-0.05, 0) is 31.5 Å². The first-order chi connectivity index (χ1) is 8.74. The van der Waals surface area contributed by atoms with Crippen LogP contribution in [0.1, 0.15) is 18.9 Å². The Morgan fingerprint density at radius 2 is 2.05 bits per heavy atom. The second-order valence-corrected chi connectivity index (χ2v) is 5.67. The zero-order valence-corrected chi connectivity index (χ0v) is 11.5. The van der Waals surface area contributed by atoms with Crippen LogP contribution in [0.25, 0.3) is 0 Å². The number of aryl methyl sites for hydroxylation is 1. The first kappa shape index (κ1) is 15.1. The van der Waals surface area contributed by atoms with Gasteiger partial charge in [-0.1, -0.05) is 6.07 Å². The number of benzene rings is 1. The van der Waals surface area contributed by atoms with Gasteiger partial charge < -0.3 is 11.2 Å². The van der Waals surface area contributed by atoms with Crippen LogP contribution < -0.4 is 16.3 Å². The molecule has 0 saturated carbocycles. The average Bonchev–Trinajstić information content (AvgIpc) is 2.30. The number of nitrogens with two attached hydrogens (primary N) is 2. The minimum atomic E-state index is -3.80. The number of carbonyl (C=O) groups excluding carboxylic acids is 1. The molecule has 19 heavy (non-hydrogen) atoms. The van der Waals surface area contributed by atoms with Crippen molar-refractivity contribution in [2.24, 2.45) is 16.1 Å². The number of hydrazone groups is 1. The molecule has 0 aliphatic rings. The zero-order chi connectivity index (χ0) is 14.6. The zero-order valence-electron chi connectivity index (χ0n) is 10.7. The molecule has 0 spiro atoms. The standard InChI is InChI=1S/C11H16N4O3S/c1-7-3-4-9(19(13,17)18)6-10(7)14-11(16)5-8(2)15-12/h3-4,6H,5,12H2,1-2H3,(H,14,16)(H2,13,17,18)/b15-8+. The number of primary sulfonamides is 1. The lowest BCUT2D eigenvalue weighted by atomic mass is 10.2. The van der Waals surface area contributed by atoms with E-state index in [4.69, 9.17) is 11.0 Å². The van der Waals surface area contributed by atoms with Gasteiger partial charge >= 0.3 is 0 Å². The first-order valence-electron chi connectivity index (χ1n) is 5.40. The summed E-state index contributed by atoms with van der Waals surface area (Å²) in [4.78, 5) is 11.6. The summed E-state index contributed by atoms with van der Waals surface area (Å²) in [6, 6.07) is 4.27. The van der Waals surface area contributed by atoms with Gasteiger partial charge in [0.1, 0.15) is 0 Å². The van der Waals surface area contributed by atoms with Gasteiger partial charge in [0.2, 0.25) is 15.9 Å². The van der Waals surface area contributed by atoms with Gasteiger partial charge in [-0.2, -0.15) is 5.10 Å². The van der Waals surface area contributed by atoms with E-state index >= 15 is 0 Å². The number of carbonyl (C=O) groups is 1. The summed E-state index contributed by atoms with van der Waals surface area (Å²) in [5.41, 5.74) is 1.59. The van der Waals surface area contributed by atoms with Gasteiger partial charge in [0, 0.05) is 11.4 Å². The van der Waals surface area contributed by atoms with Crippen molar-refractivity contribution in [1.82, 2.24) is 0 Å². The number of anilines is 1. The number of nitrogens with zero attached hydrogens (tertiary/aromatic N) is 1. The van der Waals surface area contributed by atoms with Crippen LogP contribution in [0.5, 0.6) is 0 Å². The van der Waals surface area contributed by atoms with Crippen LogP contribution in [0.2, 0.25) is 0 Å². The molecule has 1 amide bonds. The molecule has 0 fully saturated rings. The molecule has 0 aliphatic carbocycles. The Hall–Kier alpha value is -1.93. The van der Waals surface area contributed by atoms with Gasteiger partial charge in [-0.3, -0.25) is 4.79 Å². The molecule has 8 heteroatoms. The predicted molar refractivity (Wildman–Crippen MR) is 73.1 cm³/mol. The Bertz CT molecular complexity index is 623. The van der Waals surface area contributed by atoms with E-state index in [9.17, 15) is 13.2 Å².